The van der Waals surface area contributed by atoms with Gasteiger partial charge in [0.25, 0.3) is 0 Å². The molecule has 5 heteroatoms. The summed E-state index contributed by atoms with van der Waals surface area (Å²) in [6.07, 6.45) is 0. The Kier molecular flexibility index (Phi) is 4.33. The van der Waals surface area contributed by atoms with E-state index in [4.69, 9.17) is 9.26 Å². The maximum atomic E-state index is 12.3. The standard InChI is InChI=1S/C19H18N2O3/c1-12-8-7-11-15(13(12)2)20-18-16(19(22)23-3)17(21-24-18)14-9-5-4-6-10-14/h4-11,20H,1-3H3. The van der Waals surface area contributed by atoms with Crippen molar-refractivity contribution in [2.75, 3.05) is 12.4 Å². The van der Waals surface area contributed by atoms with Gasteiger partial charge in [0.05, 0.1) is 7.11 Å². The number of benzene rings is 2. The minimum atomic E-state index is -0.497. The van der Waals surface area contributed by atoms with Gasteiger partial charge in [-0.25, -0.2) is 4.79 Å². The van der Waals surface area contributed by atoms with Crippen molar-refractivity contribution < 1.29 is 14.1 Å². The van der Waals surface area contributed by atoms with Crippen LogP contribution in [-0.4, -0.2) is 18.2 Å². The van der Waals surface area contributed by atoms with E-state index in [1.54, 1.807) is 0 Å². The number of rotatable bonds is 4. The van der Waals surface area contributed by atoms with Crippen molar-refractivity contribution in [2.45, 2.75) is 13.8 Å². The molecule has 0 saturated carbocycles. The summed E-state index contributed by atoms with van der Waals surface area (Å²) in [4.78, 5) is 12.3. The summed E-state index contributed by atoms with van der Waals surface area (Å²) in [5, 5.41) is 7.22. The molecule has 3 aromatic rings. The molecule has 1 aromatic heterocycles. The fourth-order valence-corrected chi connectivity index (χ4v) is 2.47. The number of hydrogen-bond acceptors (Lipinski definition) is 5. The van der Waals surface area contributed by atoms with E-state index in [0.29, 0.717) is 5.69 Å². The lowest BCUT2D eigenvalue weighted by molar-refractivity contribution is 0.0602. The van der Waals surface area contributed by atoms with Crippen LogP contribution < -0.4 is 5.32 Å². The number of carbonyl (C=O) groups is 1. The molecule has 0 radical (unpaired) electrons. The summed E-state index contributed by atoms with van der Waals surface area (Å²) in [6.45, 7) is 4.03. The fraction of sp³-hybridized carbons (Fsp3) is 0.158. The summed E-state index contributed by atoms with van der Waals surface area (Å²) in [7, 11) is 1.34. The second-order valence-electron chi connectivity index (χ2n) is 5.47. The highest BCUT2D eigenvalue weighted by Crippen LogP contribution is 2.32. The Balaban J connectivity index is 2.07. The van der Waals surface area contributed by atoms with Crippen LogP contribution in [0.25, 0.3) is 11.3 Å². The molecule has 24 heavy (non-hydrogen) atoms. The summed E-state index contributed by atoms with van der Waals surface area (Å²) < 4.78 is 10.3. The predicted octanol–water partition coefficient (Wildman–Crippen LogP) is 4.49. The van der Waals surface area contributed by atoms with Gasteiger partial charge in [0, 0.05) is 11.3 Å². The molecule has 5 nitrogen and oxygen atoms in total. The number of methoxy groups -OCH3 is 1. The molecule has 0 atom stereocenters. The van der Waals surface area contributed by atoms with Crippen LogP contribution in [0.1, 0.15) is 21.5 Å². The van der Waals surface area contributed by atoms with E-state index >= 15 is 0 Å². The molecule has 0 unspecified atom stereocenters. The lowest BCUT2D eigenvalue weighted by Crippen LogP contribution is -2.05. The van der Waals surface area contributed by atoms with Crippen LogP contribution >= 0.6 is 0 Å². The lowest BCUT2D eigenvalue weighted by atomic mass is 10.1. The molecule has 0 aliphatic heterocycles. The predicted molar refractivity (Wildman–Crippen MR) is 92.5 cm³/mol. The Bertz CT molecular complexity index is 870. The van der Waals surface area contributed by atoms with Crippen LogP contribution in [-0.2, 0) is 4.74 Å². The van der Waals surface area contributed by atoms with Crippen LogP contribution in [0.2, 0.25) is 0 Å². The maximum absolute atomic E-state index is 12.3. The second-order valence-corrected chi connectivity index (χ2v) is 5.47. The first-order valence-corrected chi connectivity index (χ1v) is 7.58. The number of aromatic nitrogens is 1. The average molecular weight is 322 g/mol. The van der Waals surface area contributed by atoms with Gasteiger partial charge in [0.2, 0.25) is 5.88 Å². The Hall–Kier alpha value is -3.08. The highest BCUT2D eigenvalue weighted by molar-refractivity contribution is 6.01. The average Bonchev–Trinajstić information content (AvgIpc) is 3.02. The summed E-state index contributed by atoms with van der Waals surface area (Å²) in [5.41, 5.74) is 4.60. The summed E-state index contributed by atoms with van der Waals surface area (Å²) in [5.74, 6) is -0.225. The van der Waals surface area contributed by atoms with E-state index < -0.39 is 5.97 Å². The minimum absolute atomic E-state index is 0.273. The molecule has 0 bridgehead atoms. The zero-order valence-corrected chi connectivity index (χ0v) is 13.8. The van der Waals surface area contributed by atoms with Gasteiger partial charge in [0.1, 0.15) is 5.69 Å². The third kappa shape index (κ3) is 2.88. The quantitative estimate of drug-likeness (QED) is 0.717. The third-order valence-corrected chi connectivity index (χ3v) is 3.98. The van der Waals surface area contributed by atoms with Crippen LogP contribution in [0.5, 0.6) is 0 Å². The smallest absolute Gasteiger partial charge is 0.345 e. The van der Waals surface area contributed by atoms with E-state index in [0.717, 1.165) is 22.4 Å². The number of nitrogens with zero attached hydrogens (tertiary/aromatic N) is 1. The number of esters is 1. The molecule has 0 aliphatic rings. The molecule has 122 valence electrons. The molecular weight excluding hydrogens is 304 g/mol. The molecule has 0 saturated heterocycles. The van der Waals surface area contributed by atoms with Gasteiger partial charge in [-0.05, 0) is 31.0 Å². The highest BCUT2D eigenvalue weighted by Gasteiger charge is 2.25. The topological polar surface area (TPSA) is 64.4 Å². The van der Waals surface area contributed by atoms with Crippen molar-refractivity contribution in [1.82, 2.24) is 5.16 Å². The first kappa shape index (κ1) is 15.8. The van der Waals surface area contributed by atoms with Gasteiger partial charge in [-0.1, -0.05) is 47.6 Å². The van der Waals surface area contributed by atoms with Crippen LogP contribution in [0, 0.1) is 13.8 Å². The zero-order chi connectivity index (χ0) is 17.1. The molecule has 0 spiro atoms. The van der Waals surface area contributed by atoms with E-state index in [1.807, 2.05) is 62.4 Å². The highest BCUT2D eigenvalue weighted by atomic mass is 16.5. The van der Waals surface area contributed by atoms with Crippen LogP contribution in [0.15, 0.2) is 53.1 Å². The largest absolute Gasteiger partial charge is 0.465 e. The van der Waals surface area contributed by atoms with Crippen molar-refractivity contribution in [3.8, 4) is 11.3 Å². The van der Waals surface area contributed by atoms with Gasteiger partial charge >= 0.3 is 5.97 Å². The van der Waals surface area contributed by atoms with Gasteiger partial charge in [0.15, 0.2) is 5.56 Å². The van der Waals surface area contributed by atoms with Crippen molar-refractivity contribution in [1.29, 1.82) is 0 Å². The Labute approximate surface area is 140 Å². The lowest BCUT2D eigenvalue weighted by Gasteiger charge is -2.10. The second kappa shape index (κ2) is 6.58. The van der Waals surface area contributed by atoms with E-state index in [2.05, 4.69) is 10.5 Å². The molecule has 2 aromatic carbocycles. The van der Waals surface area contributed by atoms with Crippen molar-refractivity contribution in [2.24, 2.45) is 0 Å². The van der Waals surface area contributed by atoms with E-state index in [1.165, 1.54) is 7.11 Å². The number of hydrogen-bond donors (Lipinski definition) is 1. The number of anilines is 2. The van der Waals surface area contributed by atoms with Crippen molar-refractivity contribution in [3.05, 3.63) is 65.2 Å². The minimum Gasteiger partial charge on any atom is -0.465 e. The molecule has 1 N–H and O–H groups in total. The van der Waals surface area contributed by atoms with Gasteiger partial charge < -0.3 is 14.6 Å². The first-order valence-electron chi connectivity index (χ1n) is 7.58. The zero-order valence-electron chi connectivity index (χ0n) is 13.8. The fourth-order valence-electron chi connectivity index (χ4n) is 2.47. The van der Waals surface area contributed by atoms with E-state index in [-0.39, 0.29) is 11.4 Å². The Morgan fingerprint density at radius 3 is 2.54 bits per heavy atom. The number of ether oxygens (including phenoxy) is 1. The van der Waals surface area contributed by atoms with Crippen molar-refractivity contribution in [3.63, 3.8) is 0 Å². The van der Waals surface area contributed by atoms with Gasteiger partial charge in [-0.3, -0.25) is 0 Å². The van der Waals surface area contributed by atoms with Crippen molar-refractivity contribution >= 4 is 17.5 Å². The normalized spacial score (nSPS) is 10.5. The van der Waals surface area contributed by atoms with Crippen LogP contribution in [0.4, 0.5) is 11.6 Å². The molecule has 3 rings (SSSR count). The SMILES string of the molecule is COC(=O)c1c(-c2ccccc2)noc1Nc1cccc(C)c1C. The summed E-state index contributed by atoms with van der Waals surface area (Å²) in [6, 6.07) is 15.3. The van der Waals surface area contributed by atoms with Gasteiger partial charge in [-0.15, -0.1) is 0 Å². The molecule has 0 aliphatic carbocycles. The number of nitrogens with one attached hydrogen (secondary N) is 1. The number of carbonyl (C=O) groups excluding carboxylic acids is 1. The Morgan fingerprint density at radius 1 is 1.08 bits per heavy atom. The van der Waals surface area contributed by atoms with Gasteiger partial charge in [-0.2, -0.15) is 0 Å². The monoisotopic (exact) mass is 322 g/mol. The van der Waals surface area contributed by atoms with Crippen LogP contribution in [0.3, 0.4) is 0 Å². The summed E-state index contributed by atoms with van der Waals surface area (Å²) >= 11 is 0. The third-order valence-electron chi connectivity index (χ3n) is 3.98. The molecule has 0 amide bonds. The maximum Gasteiger partial charge on any atom is 0.345 e. The molecule has 0 fully saturated rings. The Morgan fingerprint density at radius 2 is 1.83 bits per heavy atom. The first-order chi connectivity index (χ1) is 11.6. The molecular formula is C19H18N2O3. The molecule has 1 heterocycles. The van der Waals surface area contributed by atoms with E-state index in [9.17, 15) is 4.79 Å². The number of aryl methyl sites for hydroxylation is 1.